The highest BCUT2D eigenvalue weighted by Gasteiger charge is 2.18. The molecule has 19 heavy (non-hydrogen) atoms. The quantitative estimate of drug-likeness (QED) is 0.858. The lowest BCUT2D eigenvalue weighted by Crippen LogP contribution is -2.49. The molecule has 1 saturated heterocycles. The highest BCUT2D eigenvalue weighted by molar-refractivity contribution is 5.89. The van der Waals surface area contributed by atoms with Gasteiger partial charge >= 0.3 is 5.97 Å². The van der Waals surface area contributed by atoms with E-state index in [1.807, 2.05) is 12.1 Å². The predicted molar refractivity (Wildman–Crippen MR) is 77.8 cm³/mol. The van der Waals surface area contributed by atoms with Gasteiger partial charge in [0.05, 0.1) is 12.7 Å². The van der Waals surface area contributed by atoms with E-state index in [4.69, 9.17) is 4.74 Å². The van der Waals surface area contributed by atoms with Gasteiger partial charge in [0.25, 0.3) is 0 Å². The molecule has 0 amide bonds. The molecule has 1 fully saturated rings. The lowest BCUT2D eigenvalue weighted by Gasteiger charge is -2.33. The Kier molecular flexibility index (Phi) is 6.28. The molecule has 106 valence electrons. The highest BCUT2D eigenvalue weighted by Crippen LogP contribution is 2.12. The van der Waals surface area contributed by atoms with Gasteiger partial charge in [0, 0.05) is 32.2 Å². The second-order valence-corrected chi connectivity index (χ2v) is 4.72. The number of hydrogen-bond acceptors (Lipinski definition) is 4. The summed E-state index contributed by atoms with van der Waals surface area (Å²) in [6.07, 6.45) is 0. The van der Waals surface area contributed by atoms with Crippen molar-refractivity contribution in [1.29, 1.82) is 0 Å². The SMILES string of the molecule is COC(=O)c1cccc(CN2CCNC[C@H]2C)c1.Cl. The number of piperazine rings is 1. The average Bonchev–Trinajstić information content (AvgIpc) is 2.41. The van der Waals surface area contributed by atoms with Gasteiger partial charge < -0.3 is 10.1 Å². The Hall–Kier alpha value is -1.10. The molecule has 1 aliphatic heterocycles. The van der Waals surface area contributed by atoms with Crippen LogP contribution in [0.4, 0.5) is 0 Å². The normalized spacial score (nSPS) is 19.6. The van der Waals surface area contributed by atoms with Crippen molar-refractivity contribution in [2.24, 2.45) is 0 Å². The van der Waals surface area contributed by atoms with E-state index < -0.39 is 0 Å². The first kappa shape index (κ1) is 16.0. The zero-order valence-electron chi connectivity index (χ0n) is 11.4. The Labute approximate surface area is 120 Å². The summed E-state index contributed by atoms with van der Waals surface area (Å²) in [5.74, 6) is -0.273. The number of carbonyl (C=O) groups excluding carboxylic acids is 1. The maximum atomic E-state index is 11.5. The monoisotopic (exact) mass is 284 g/mol. The fourth-order valence-electron chi connectivity index (χ4n) is 2.27. The van der Waals surface area contributed by atoms with Crippen LogP contribution in [0.3, 0.4) is 0 Å². The topological polar surface area (TPSA) is 41.6 Å². The molecule has 0 aromatic heterocycles. The third-order valence-electron chi connectivity index (χ3n) is 3.37. The molecule has 1 aliphatic rings. The molecular formula is C14H21ClN2O2. The van der Waals surface area contributed by atoms with Crippen LogP contribution in [0.1, 0.15) is 22.8 Å². The minimum Gasteiger partial charge on any atom is -0.465 e. The Morgan fingerprint density at radius 3 is 3.00 bits per heavy atom. The van der Waals surface area contributed by atoms with Gasteiger partial charge in [-0.1, -0.05) is 12.1 Å². The second kappa shape index (κ2) is 7.48. The molecule has 2 rings (SSSR count). The van der Waals surface area contributed by atoms with Crippen molar-refractivity contribution in [3.05, 3.63) is 35.4 Å². The Morgan fingerprint density at radius 2 is 2.32 bits per heavy atom. The molecule has 0 spiro atoms. The minimum atomic E-state index is -0.273. The molecule has 1 N–H and O–H groups in total. The molecule has 0 radical (unpaired) electrons. The van der Waals surface area contributed by atoms with Crippen molar-refractivity contribution >= 4 is 18.4 Å². The van der Waals surface area contributed by atoms with Crippen molar-refractivity contribution in [3.8, 4) is 0 Å². The van der Waals surface area contributed by atoms with Crippen molar-refractivity contribution in [2.45, 2.75) is 19.5 Å². The fraction of sp³-hybridized carbons (Fsp3) is 0.500. The zero-order chi connectivity index (χ0) is 13.0. The van der Waals surface area contributed by atoms with Gasteiger partial charge in [0.15, 0.2) is 0 Å². The van der Waals surface area contributed by atoms with Crippen molar-refractivity contribution in [1.82, 2.24) is 10.2 Å². The number of esters is 1. The summed E-state index contributed by atoms with van der Waals surface area (Å²) in [6, 6.07) is 8.20. The summed E-state index contributed by atoms with van der Waals surface area (Å²) in [5.41, 5.74) is 1.78. The smallest absolute Gasteiger partial charge is 0.337 e. The highest BCUT2D eigenvalue weighted by atomic mass is 35.5. The third kappa shape index (κ3) is 4.20. The van der Waals surface area contributed by atoms with Crippen molar-refractivity contribution in [2.75, 3.05) is 26.7 Å². The molecule has 1 heterocycles. The molecule has 1 aromatic rings. The van der Waals surface area contributed by atoms with Crippen LogP contribution >= 0.6 is 12.4 Å². The van der Waals surface area contributed by atoms with Gasteiger partial charge in [0.2, 0.25) is 0 Å². The number of nitrogens with one attached hydrogen (secondary N) is 1. The van der Waals surface area contributed by atoms with E-state index in [0.29, 0.717) is 11.6 Å². The summed E-state index contributed by atoms with van der Waals surface area (Å²) in [7, 11) is 1.41. The number of hydrogen-bond donors (Lipinski definition) is 1. The Bertz CT molecular complexity index is 426. The average molecular weight is 285 g/mol. The number of ether oxygens (including phenoxy) is 1. The lowest BCUT2D eigenvalue weighted by atomic mass is 10.1. The molecular weight excluding hydrogens is 264 g/mol. The van der Waals surface area contributed by atoms with Crippen LogP contribution in [-0.2, 0) is 11.3 Å². The first-order chi connectivity index (χ1) is 8.70. The summed E-state index contributed by atoms with van der Waals surface area (Å²) < 4.78 is 4.74. The molecule has 1 aromatic carbocycles. The number of methoxy groups -OCH3 is 1. The van der Waals surface area contributed by atoms with E-state index in [9.17, 15) is 4.79 Å². The van der Waals surface area contributed by atoms with E-state index in [1.54, 1.807) is 6.07 Å². The van der Waals surface area contributed by atoms with Crippen LogP contribution in [0, 0.1) is 0 Å². The fourth-order valence-corrected chi connectivity index (χ4v) is 2.27. The molecule has 0 bridgehead atoms. The molecule has 5 heteroatoms. The van der Waals surface area contributed by atoms with E-state index in [-0.39, 0.29) is 18.4 Å². The first-order valence-corrected chi connectivity index (χ1v) is 6.32. The van der Waals surface area contributed by atoms with Gasteiger partial charge in [-0.15, -0.1) is 12.4 Å². The van der Waals surface area contributed by atoms with Crippen molar-refractivity contribution in [3.63, 3.8) is 0 Å². The first-order valence-electron chi connectivity index (χ1n) is 6.32. The van der Waals surface area contributed by atoms with Gasteiger partial charge in [0.1, 0.15) is 0 Å². The van der Waals surface area contributed by atoms with Crippen LogP contribution in [-0.4, -0.2) is 43.7 Å². The van der Waals surface area contributed by atoms with Crippen LogP contribution in [0.5, 0.6) is 0 Å². The second-order valence-electron chi connectivity index (χ2n) is 4.72. The summed E-state index contributed by atoms with van der Waals surface area (Å²) in [4.78, 5) is 13.9. The Morgan fingerprint density at radius 1 is 1.53 bits per heavy atom. The van der Waals surface area contributed by atoms with Crippen LogP contribution < -0.4 is 5.32 Å². The van der Waals surface area contributed by atoms with Crippen LogP contribution in [0.25, 0.3) is 0 Å². The van der Waals surface area contributed by atoms with Gasteiger partial charge in [-0.3, -0.25) is 4.90 Å². The Balaban J connectivity index is 0.00000180. The van der Waals surface area contributed by atoms with E-state index >= 15 is 0 Å². The summed E-state index contributed by atoms with van der Waals surface area (Å²) in [5, 5.41) is 3.37. The van der Waals surface area contributed by atoms with Crippen LogP contribution in [0.2, 0.25) is 0 Å². The number of carbonyl (C=O) groups is 1. The van der Waals surface area contributed by atoms with E-state index in [0.717, 1.165) is 31.7 Å². The molecule has 4 nitrogen and oxygen atoms in total. The number of nitrogens with zero attached hydrogens (tertiary/aromatic N) is 1. The van der Waals surface area contributed by atoms with Gasteiger partial charge in [-0.2, -0.15) is 0 Å². The number of benzene rings is 1. The third-order valence-corrected chi connectivity index (χ3v) is 3.37. The zero-order valence-corrected chi connectivity index (χ0v) is 12.2. The molecule has 0 aliphatic carbocycles. The molecule has 0 saturated carbocycles. The summed E-state index contributed by atoms with van der Waals surface area (Å²) in [6.45, 7) is 6.20. The predicted octanol–water partition coefficient (Wildman–Crippen LogP) is 1.69. The van der Waals surface area contributed by atoms with E-state index in [2.05, 4.69) is 23.2 Å². The minimum absolute atomic E-state index is 0. The van der Waals surface area contributed by atoms with E-state index in [1.165, 1.54) is 7.11 Å². The number of halogens is 1. The largest absolute Gasteiger partial charge is 0.465 e. The standard InChI is InChI=1S/C14H20N2O2.ClH/c1-11-9-15-6-7-16(11)10-12-4-3-5-13(8-12)14(17)18-2;/h3-5,8,11,15H,6-7,9-10H2,1-2H3;1H/t11-;/m1./s1. The number of rotatable bonds is 3. The maximum absolute atomic E-state index is 11.5. The van der Waals surface area contributed by atoms with Crippen LogP contribution in [0.15, 0.2) is 24.3 Å². The maximum Gasteiger partial charge on any atom is 0.337 e. The van der Waals surface area contributed by atoms with Gasteiger partial charge in [-0.05, 0) is 24.6 Å². The lowest BCUT2D eigenvalue weighted by molar-refractivity contribution is 0.0600. The van der Waals surface area contributed by atoms with Crippen molar-refractivity contribution < 1.29 is 9.53 Å². The summed E-state index contributed by atoms with van der Waals surface area (Å²) >= 11 is 0. The molecule has 0 unspecified atom stereocenters. The molecule has 1 atom stereocenters. The van der Waals surface area contributed by atoms with Gasteiger partial charge in [-0.25, -0.2) is 4.79 Å².